The third kappa shape index (κ3) is 3.73. The predicted octanol–water partition coefficient (Wildman–Crippen LogP) is 5.07. The van der Waals surface area contributed by atoms with Gasteiger partial charge in [0.2, 0.25) is 0 Å². The normalized spacial score (nSPS) is 13.7. The number of rotatable bonds is 4. The van der Waals surface area contributed by atoms with E-state index in [4.69, 9.17) is 20.2 Å². The summed E-state index contributed by atoms with van der Waals surface area (Å²) in [5.74, 6) is 0.819. The number of esters is 1. The summed E-state index contributed by atoms with van der Waals surface area (Å²) in [6.45, 7) is 3.59. The van der Waals surface area contributed by atoms with Gasteiger partial charge in [-0.15, -0.1) is 11.3 Å². The minimum absolute atomic E-state index is 0.368. The molecule has 0 unspecified atom stereocenters. The van der Waals surface area contributed by atoms with Gasteiger partial charge in [-0.2, -0.15) is 0 Å². The number of anilines is 1. The number of hydrogen-bond acceptors (Lipinski definition) is 7. The number of nitrogens with zero attached hydrogens (tertiary/aromatic N) is 2. The van der Waals surface area contributed by atoms with E-state index in [2.05, 4.69) is 11.9 Å². The van der Waals surface area contributed by atoms with Crippen molar-refractivity contribution in [3.05, 3.63) is 70.2 Å². The number of methoxy groups -OCH3 is 1. The van der Waals surface area contributed by atoms with Gasteiger partial charge < -0.3 is 20.1 Å². The Bertz CT molecular complexity index is 1380. The van der Waals surface area contributed by atoms with Crippen molar-refractivity contribution in [1.29, 1.82) is 0 Å². The summed E-state index contributed by atoms with van der Waals surface area (Å²) in [6, 6.07) is 15.3. The maximum atomic E-state index is 13.1. The largest absolute Gasteiger partial charge is 0.496 e. The van der Waals surface area contributed by atoms with Gasteiger partial charge in [-0.05, 0) is 37.2 Å². The SMILES string of the molecule is COc1ccccc1-c1c2c(nc3sc(C(=O)Oc4ccccc4C)c(N)c13)CCN(C)C2. The number of aryl methyl sites for hydroxylation is 1. The predicted molar refractivity (Wildman–Crippen MR) is 132 cm³/mol. The van der Waals surface area contributed by atoms with Crippen LogP contribution in [0.5, 0.6) is 11.5 Å². The van der Waals surface area contributed by atoms with Gasteiger partial charge in [-0.1, -0.05) is 36.4 Å². The Kier molecular flexibility index (Phi) is 5.52. The van der Waals surface area contributed by atoms with Crippen molar-refractivity contribution in [2.24, 2.45) is 0 Å². The van der Waals surface area contributed by atoms with Gasteiger partial charge in [-0.25, -0.2) is 9.78 Å². The maximum absolute atomic E-state index is 13.1. The molecule has 33 heavy (non-hydrogen) atoms. The first-order valence-electron chi connectivity index (χ1n) is 10.8. The molecule has 2 aromatic heterocycles. The van der Waals surface area contributed by atoms with E-state index in [-0.39, 0.29) is 0 Å². The van der Waals surface area contributed by atoms with Gasteiger partial charge in [0.05, 0.1) is 12.8 Å². The lowest BCUT2D eigenvalue weighted by molar-refractivity contribution is 0.0739. The van der Waals surface area contributed by atoms with Gasteiger partial charge >= 0.3 is 5.97 Å². The molecule has 1 aliphatic rings. The van der Waals surface area contributed by atoms with Crippen molar-refractivity contribution in [3.8, 4) is 22.6 Å². The molecule has 3 heterocycles. The van der Waals surface area contributed by atoms with Crippen LogP contribution in [0.3, 0.4) is 0 Å². The van der Waals surface area contributed by atoms with Crippen molar-refractivity contribution in [3.63, 3.8) is 0 Å². The first-order chi connectivity index (χ1) is 16.0. The quantitative estimate of drug-likeness (QED) is 0.339. The van der Waals surface area contributed by atoms with Crippen molar-refractivity contribution in [2.75, 3.05) is 26.4 Å². The number of hydrogen-bond donors (Lipinski definition) is 1. The monoisotopic (exact) mass is 459 g/mol. The highest BCUT2D eigenvalue weighted by Crippen LogP contribution is 2.45. The highest BCUT2D eigenvalue weighted by molar-refractivity contribution is 7.21. The van der Waals surface area contributed by atoms with Crippen LogP contribution >= 0.6 is 11.3 Å². The number of para-hydroxylation sites is 2. The van der Waals surface area contributed by atoms with Gasteiger partial charge in [-0.3, -0.25) is 0 Å². The standard InChI is InChI=1S/C26H25N3O3S/c1-15-8-4-6-10-19(15)32-26(30)24-23(27)22-21(16-9-5-7-11-20(16)31-3)17-14-29(2)13-12-18(17)28-25(22)33-24/h4-11H,12-14,27H2,1-3H3. The van der Waals surface area contributed by atoms with Crippen molar-refractivity contribution in [1.82, 2.24) is 9.88 Å². The van der Waals surface area contributed by atoms with Crippen LogP contribution in [-0.4, -0.2) is 36.6 Å². The van der Waals surface area contributed by atoms with E-state index in [0.29, 0.717) is 16.3 Å². The van der Waals surface area contributed by atoms with Crippen molar-refractivity contribution in [2.45, 2.75) is 19.9 Å². The number of pyridine rings is 1. The molecular formula is C26H25N3O3S. The zero-order valence-corrected chi connectivity index (χ0v) is 19.7. The summed E-state index contributed by atoms with van der Waals surface area (Å²) >= 11 is 1.29. The van der Waals surface area contributed by atoms with Crippen LogP contribution in [0.1, 0.15) is 26.5 Å². The Morgan fingerprint density at radius 3 is 2.61 bits per heavy atom. The summed E-state index contributed by atoms with van der Waals surface area (Å²) in [6.07, 6.45) is 0.838. The third-order valence-electron chi connectivity index (χ3n) is 6.08. The van der Waals surface area contributed by atoms with Gasteiger partial charge in [0, 0.05) is 41.7 Å². The van der Waals surface area contributed by atoms with Crippen LogP contribution in [-0.2, 0) is 13.0 Å². The number of likely N-dealkylation sites (N-methyl/N-ethyl adjacent to an activating group) is 1. The summed E-state index contributed by atoms with van der Waals surface area (Å²) in [4.78, 5) is 21.5. The van der Waals surface area contributed by atoms with E-state index in [1.807, 2.05) is 49.4 Å². The fourth-order valence-electron chi connectivity index (χ4n) is 4.38. The summed E-state index contributed by atoms with van der Waals surface area (Å²) in [7, 11) is 3.76. The second-order valence-corrected chi connectivity index (χ2v) is 9.28. The van der Waals surface area contributed by atoms with Crippen LogP contribution in [0.2, 0.25) is 0 Å². The van der Waals surface area contributed by atoms with Crippen molar-refractivity contribution >= 4 is 33.2 Å². The van der Waals surface area contributed by atoms with E-state index in [1.165, 1.54) is 11.3 Å². The molecule has 2 N–H and O–H groups in total. The smallest absolute Gasteiger partial charge is 0.355 e. The first-order valence-corrected chi connectivity index (χ1v) is 11.6. The molecule has 0 bridgehead atoms. The van der Waals surface area contributed by atoms with Gasteiger partial charge in [0.1, 0.15) is 21.2 Å². The summed E-state index contributed by atoms with van der Waals surface area (Å²) < 4.78 is 11.4. The minimum Gasteiger partial charge on any atom is -0.496 e. The molecule has 0 saturated heterocycles. The number of nitrogens with two attached hydrogens (primary N) is 1. The Morgan fingerprint density at radius 1 is 1.12 bits per heavy atom. The highest BCUT2D eigenvalue weighted by Gasteiger charge is 2.28. The Hall–Kier alpha value is -3.42. The van der Waals surface area contributed by atoms with E-state index in [1.54, 1.807) is 13.2 Å². The number of carbonyl (C=O) groups is 1. The van der Waals surface area contributed by atoms with Gasteiger partial charge in [0.25, 0.3) is 0 Å². The van der Waals surface area contributed by atoms with Crippen LogP contribution in [0, 0.1) is 6.92 Å². The molecule has 2 aromatic carbocycles. The zero-order chi connectivity index (χ0) is 23.1. The average Bonchev–Trinajstić information content (AvgIpc) is 3.15. The number of benzene rings is 2. The number of ether oxygens (including phenoxy) is 2. The molecule has 0 aliphatic carbocycles. The molecule has 0 fully saturated rings. The maximum Gasteiger partial charge on any atom is 0.355 e. The lowest BCUT2D eigenvalue weighted by atomic mass is 9.91. The lowest BCUT2D eigenvalue weighted by Gasteiger charge is -2.27. The minimum atomic E-state index is -0.467. The number of carbonyl (C=O) groups excluding carboxylic acids is 1. The molecular weight excluding hydrogens is 434 g/mol. The summed E-state index contributed by atoms with van der Waals surface area (Å²) in [5.41, 5.74) is 12.0. The fraction of sp³-hybridized carbons (Fsp3) is 0.231. The molecule has 5 rings (SSSR count). The zero-order valence-electron chi connectivity index (χ0n) is 18.8. The molecule has 6 nitrogen and oxygen atoms in total. The van der Waals surface area contributed by atoms with Gasteiger partial charge in [0.15, 0.2) is 0 Å². The molecule has 0 atom stereocenters. The Balaban J connectivity index is 1.72. The van der Waals surface area contributed by atoms with Crippen LogP contribution in [0.4, 0.5) is 5.69 Å². The van der Waals surface area contributed by atoms with E-state index < -0.39 is 5.97 Å². The Labute approximate surface area is 196 Å². The van der Waals surface area contributed by atoms with E-state index >= 15 is 0 Å². The average molecular weight is 460 g/mol. The topological polar surface area (TPSA) is 77.7 Å². The molecule has 7 heteroatoms. The van der Waals surface area contributed by atoms with Crippen LogP contribution in [0.15, 0.2) is 48.5 Å². The number of aromatic nitrogens is 1. The fourth-order valence-corrected chi connectivity index (χ4v) is 5.38. The molecule has 0 amide bonds. The molecule has 0 radical (unpaired) electrons. The van der Waals surface area contributed by atoms with Crippen LogP contribution < -0.4 is 15.2 Å². The first kappa shape index (κ1) is 21.4. The summed E-state index contributed by atoms with van der Waals surface area (Å²) in [5, 5.41) is 0.787. The second-order valence-electron chi connectivity index (χ2n) is 8.28. The van der Waals surface area contributed by atoms with Crippen LogP contribution in [0.25, 0.3) is 21.3 Å². The third-order valence-corrected chi connectivity index (χ3v) is 7.16. The molecule has 1 aliphatic heterocycles. The lowest BCUT2D eigenvalue weighted by Crippen LogP contribution is -2.28. The number of fused-ring (bicyclic) bond motifs is 2. The molecule has 4 aromatic rings. The Morgan fingerprint density at radius 2 is 1.85 bits per heavy atom. The molecule has 168 valence electrons. The van der Waals surface area contributed by atoms with E-state index in [9.17, 15) is 4.79 Å². The molecule has 0 spiro atoms. The number of thiophene rings is 1. The van der Waals surface area contributed by atoms with Crippen molar-refractivity contribution < 1.29 is 14.3 Å². The highest BCUT2D eigenvalue weighted by atomic mass is 32.1. The van der Waals surface area contributed by atoms with E-state index in [0.717, 1.165) is 63.4 Å². The second kappa shape index (κ2) is 8.50. The molecule has 0 saturated carbocycles. The number of nitrogen functional groups attached to an aromatic ring is 1.